The van der Waals surface area contributed by atoms with Crippen molar-refractivity contribution in [3.8, 4) is 11.1 Å². The molecule has 0 unspecified atom stereocenters. The second-order valence-corrected chi connectivity index (χ2v) is 5.10. The van der Waals surface area contributed by atoms with Crippen molar-refractivity contribution in [3.05, 3.63) is 52.3 Å². The van der Waals surface area contributed by atoms with Crippen molar-refractivity contribution in [3.63, 3.8) is 0 Å². The van der Waals surface area contributed by atoms with Gasteiger partial charge in [-0.05, 0) is 18.6 Å². The number of hydrogen-bond donors (Lipinski definition) is 1. The molecule has 0 aliphatic rings. The third-order valence-electron chi connectivity index (χ3n) is 2.80. The van der Waals surface area contributed by atoms with Crippen LogP contribution in [-0.4, -0.2) is 17.4 Å². The summed E-state index contributed by atoms with van der Waals surface area (Å²) in [7, 11) is 0. The highest BCUT2D eigenvalue weighted by molar-refractivity contribution is 6.43. The van der Waals surface area contributed by atoms with Crippen LogP contribution in [0.2, 0.25) is 10.0 Å². The van der Waals surface area contributed by atoms with Gasteiger partial charge >= 0.3 is 0 Å². The maximum Gasteiger partial charge on any atom is 0.252 e. The summed E-state index contributed by atoms with van der Waals surface area (Å²) in [5.41, 5.74) is 2.03. The summed E-state index contributed by atoms with van der Waals surface area (Å²) in [6.45, 7) is 2.64. The standard InChI is InChI=1S/C15H14Cl2N2O/c1-2-6-19-15(20)11-7-10(8-18-9-11)12-4-3-5-13(16)14(12)17/h3-5,7-9H,2,6H2,1H3,(H,19,20). The lowest BCUT2D eigenvalue weighted by Crippen LogP contribution is -2.24. The normalized spacial score (nSPS) is 10.3. The predicted octanol–water partition coefficient (Wildman–Crippen LogP) is 4.20. The van der Waals surface area contributed by atoms with E-state index >= 15 is 0 Å². The van der Waals surface area contributed by atoms with E-state index in [1.165, 1.54) is 6.20 Å². The Balaban J connectivity index is 2.34. The molecule has 0 bridgehead atoms. The first-order chi connectivity index (χ1) is 9.63. The SMILES string of the molecule is CCCNC(=O)c1cncc(-c2cccc(Cl)c2Cl)c1. The Morgan fingerprint density at radius 1 is 1.30 bits per heavy atom. The van der Waals surface area contributed by atoms with Crippen LogP contribution >= 0.6 is 23.2 Å². The third-order valence-corrected chi connectivity index (χ3v) is 3.62. The van der Waals surface area contributed by atoms with E-state index < -0.39 is 0 Å². The fourth-order valence-corrected chi connectivity index (χ4v) is 2.19. The summed E-state index contributed by atoms with van der Waals surface area (Å²) in [5, 5.41) is 3.75. The van der Waals surface area contributed by atoms with E-state index in [0.29, 0.717) is 22.2 Å². The van der Waals surface area contributed by atoms with Gasteiger partial charge in [0.1, 0.15) is 0 Å². The first-order valence-electron chi connectivity index (χ1n) is 6.31. The van der Waals surface area contributed by atoms with Crippen LogP contribution < -0.4 is 5.32 Å². The molecule has 0 saturated heterocycles. The number of amides is 1. The zero-order valence-corrected chi connectivity index (χ0v) is 12.5. The molecule has 0 atom stereocenters. The summed E-state index contributed by atoms with van der Waals surface area (Å²) in [5.74, 6) is -0.139. The minimum Gasteiger partial charge on any atom is -0.352 e. The van der Waals surface area contributed by atoms with Crippen LogP contribution in [0.5, 0.6) is 0 Å². The van der Waals surface area contributed by atoms with Crippen molar-refractivity contribution in [2.45, 2.75) is 13.3 Å². The Morgan fingerprint density at radius 2 is 2.10 bits per heavy atom. The molecule has 0 fully saturated rings. The molecule has 1 aromatic heterocycles. The maximum atomic E-state index is 11.9. The molecule has 1 heterocycles. The number of halogens is 2. The lowest BCUT2D eigenvalue weighted by atomic mass is 10.1. The van der Waals surface area contributed by atoms with E-state index in [1.807, 2.05) is 19.1 Å². The fraction of sp³-hybridized carbons (Fsp3) is 0.200. The zero-order valence-electron chi connectivity index (χ0n) is 11.0. The summed E-state index contributed by atoms with van der Waals surface area (Å²) in [6, 6.07) is 7.14. The number of hydrogen-bond acceptors (Lipinski definition) is 2. The lowest BCUT2D eigenvalue weighted by molar-refractivity contribution is 0.0953. The summed E-state index contributed by atoms with van der Waals surface area (Å²) in [4.78, 5) is 16.0. The number of carbonyl (C=O) groups is 1. The molecule has 0 aliphatic heterocycles. The number of benzene rings is 1. The van der Waals surface area contributed by atoms with E-state index in [0.717, 1.165) is 17.5 Å². The minimum absolute atomic E-state index is 0.139. The molecule has 5 heteroatoms. The molecule has 1 aromatic carbocycles. The van der Waals surface area contributed by atoms with Gasteiger partial charge < -0.3 is 5.32 Å². The number of carbonyl (C=O) groups excluding carboxylic acids is 1. The smallest absolute Gasteiger partial charge is 0.252 e. The second-order valence-electron chi connectivity index (χ2n) is 4.32. The number of rotatable bonds is 4. The molecule has 0 radical (unpaired) electrons. The molecule has 2 aromatic rings. The van der Waals surface area contributed by atoms with Gasteiger partial charge in [-0.3, -0.25) is 9.78 Å². The number of aromatic nitrogens is 1. The van der Waals surface area contributed by atoms with Gasteiger partial charge in [0.25, 0.3) is 5.91 Å². The van der Waals surface area contributed by atoms with Gasteiger partial charge in [0, 0.05) is 30.1 Å². The molecule has 1 N–H and O–H groups in total. The first-order valence-corrected chi connectivity index (χ1v) is 7.06. The van der Waals surface area contributed by atoms with Crippen molar-refractivity contribution in [2.75, 3.05) is 6.54 Å². The maximum absolute atomic E-state index is 11.9. The Hall–Kier alpha value is -1.58. The van der Waals surface area contributed by atoms with Gasteiger partial charge in [-0.15, -0.1) is 0 Å². The summed E-state index contributed by atoms with van der Waals surface area (Å²) in [6.07, 6.45) is 4.08. The van der Waals surface area contributed by atoms with Crippen LogP contribution in [0.1, 0.15) is 23.7 Å². The highest BCUT2D eigenvalue weighted by atomic mass is 35.5. The second kappa shape index (κ2) is 6.73. The lowest BCUT2D eigenvalue weighted by Gasteiger charge is -2.08. The topological polar surface area (TPSA) is 42.0 Å². The van der Waals surface area contributed by atoms with E-state index in [-0.39, 0.29) is 5.91 Å². The molecular formula is C15H14Cl2N2O. The molecular weight excluding hydrogens is 295 g/mol. The Morgan fingerprint density at radius 3 is 2.85 bits per heavy atom. The molecule has 3 nitrogen and oxygen atoms in total. The summed E-state index contributed by atoms with van der Waals surface area (Å²) < 4.78 is 0. The highest BCUT2D eigenvalue weighted by Gasteiger charge is 2.10. The van der Waals surface area contributed by atoms with Crippen LogP contribution in [0.3, 0.4) is 0 Å². The van der Waals surface area contributed by atoms with E-state index in [1.54, 1.807) is 18.3 Å². The van der Waals surface area contributed by atoms with Gasteiger partial charge in [-0.1, -0.05) is 42.3 Å². The van der Waals surface area contributed by atoms with Crippen molar-refractivity contribution >= 4 is 29.1 Å². The van der Waals surface area contributed by atoms with Gasteiger partial charge in [0.05, 0.1) is 15.6 Å². The van der Waals surface area contributed by atoms with E-state index in [4.69, 9.17) is 23.2 Å². The monoisotopic (exact) mass is 308 g/mol. The molecule has 0 saturated carbocycles. The minimum atomic E-state index is -0.139. The van der Waals surface area contributed by atoms with E-state index in [2.05, 4.69) is 10.3 Å². The zero-order chi connectivity index (χ0) is 14.5. The van der Waals surface area contributed by atoms with Gasteiger partial charge in [0.2, 0.25) is 0 Å². The number of nitrogens with one attached hydrogen (secondary N) is 1. The van der Waals surface area contributed by atoms with Crippen LogP contribution in [0, 0.1) is 0 Å². The van der Waals surface area contributed by atoms with Crippen LogP contribution in [0.25, 0.3) is 11.1 Å². The number of pyridine rings is 1. The van der Waals surface area contributed by atoms with E-state index in [9.17, 15) is 4.79 Å². The Labute approximate surface area is 127 Å². The third kappa shape index (κ3) is 3.30. The molecule has 1 amide bonds. The average Bonchev–Trinajstić information content (AvgIpc) is 2.47. The van der Waals surface area contributed by atoms with Crippen LogP contribution in [0.15, 0.2) is 36.7 Å². The molecule has 0 spiro atoms. The number of nitrogens with zero attached hydrogens (tertiary/aromatic N) is 1. The van der Waals surface area contributed by atoms with Crippen molar-refractivity contribution in [2.24, 2.45) is 0 Å². The van der Waals surface area contributed by atoms with Crippen LogP contribution in [-0.2, 0) is 0 Å². The largest absolute Gasteiger partial charge is 0.352 e. The average molecular weight is 309 g/mol. The Bertz CT molecular complexity index is 629. The fourth-order valence-electron chi connectivity index (χ4n) is 1.78. The summed E-state index contributed by atoms with van der Waals surface area (Å²) >= 11 is 12.2. The quantitative estimate of drug-likeness (QED) is 0.920. The van der Waals surface area contributed by atoms with Gasteiger partial charge in [-0.25, -0.2) is 0 Å². The van der Waals surface area contributed by atoms with Crippen molar-refractivity contribution in [1.29, 1.82) is 0 Å². The van der Waals surface area contributed by atoms with Crippen molar-refractivity contribution in [1.82, 2.24) is 10.3 Å². The highest BCUT2D eigenvalue weighted by Crippen LogP contribution is 2.33. The molecule has 20 heavy (non-hydrogen) atoms. The molecule has 2 rings (SSSR count). The first kappa shape index (κ1) is 14.8. The van der Waals surface area contributed by atoms with Crippen molar-refractivity contribution < 1.29 is 4.79 Å². The molecule has 104 valence electrons. The van der Waals surface area contributed by atoms with Gasteiger partial charge in [-0.2, -0.15) is 0 Å². The van der Waals surface area contributed by atoms with Gasteiger partial charge in [0.15, 0.2) is 0 Å². The molecule has 0 aliphatic carbocycles. The van der Waals surface area contributed by atoms with Crippen LogP contribution in [0.4, 0.5) is 0 Å². The Kier molecular flexibility index (Phi) is 4.99. The predicted molar refractivity (Wildman–Crippen MR) is 82.3 cm³/mol.